The summed E-state index contributed by atoms with van der Waals surface area (Å²) in [6.07, 6.45) is 4.47. The molecule has 0 radical (unpaired) electrons. The van der Waals surface area contributed by atoms with Crippen LogP contribution in [0.3, 0.4) is 0 Å². The molecule has 1 aliphatic rings. The number of aromatic hydroxyl groups is 1. The number of benzene rings is 2. The fraction of sp³-hybridized carbons (Fsp3) is 0.143. The maximum Gasteiger partial charge on any atom is 0.222 e. The number of nitrogens with zero attached hydrogens (tertiary/aromatic N) is 1. The second kappa shape index (κ2) is 6.52. The quantitative estimate of drug-likeness (QED) is 0.742. The fourth-order valence-electron chi connectivity index (χ4n) is 3.45. The summed E-state index contributed by atoms with van der Waals surface area (Å²) in [7, 11) is 0. The molecule has 1 atom stereocenters. The molecule has 1 aromatic heterocycles. The first-order valence-corrected chi connectivity index (χ1v) is 8.42. The number of phenols is 1. The Morgan fingerprint density at radius 2 is 1.96 bits per heavy atom. The van der Waals surface area contributed by atoms with Crippen molar-refractivity contribution in [1.29, 1.82) is 0 Å². The molecule has 0 bridgehead atoms. The van der Waals surface area contributed by atoms with Gasteiger partial charge in [0.15, 0.2) is 5.82 Å². The van der Waals surface area contributed by atoms with Gasteiger partial charge in [-0.2, -0.15) is 0 Å². The van der Waals surface area contributed by atoms with E-state index < -0.39 is 0 Å². The molecule has 5 heteroatoms. The molecule has 130 valence electrons. The van der Waals surface area contributed by atoms with Crippen LogP contribution in [0.1, 0.15) is 35.1 Å². The van der Waals surface area contributed by atoms with Crippen molar-refractivity contribution in [1.82, 2.24) is 5.16 Å². The lowest BCUT2D eigenvalue weighted by Crippen LogP contribution is -2.09. The highest BCUT2D eigenvalue weighted by Crippen LogP contribution is 2.45. The number of allylic oxidation sites excluding steroid dienone is 1. The van der Waals surface area contributed by atoms with Crippen LogP contribution < -0.4 is 5.32 Å². The van der Waals surface area contributed by atoms with Crippen molar-refractivity contribution in [2.75, 3.05) is 5.32 Å². The number of carbonyl (C=O) groups is 1. The molecule has 4 rings (SSSR count). The number of rotatable bonds is 4. The van der Waals surface area contributed by atoms with Crippen molar-refractivity contribution in [2.24, 2.45) is 0 Å². The number of nitrogens with one attached hydrogen (secondary N) is 1. The Morgan fingerprint density at radius 3 is 2.73 bits per heavy atom. The van der Waals surface area contributed by atoms with E-state index in [2.05, 4.69) is 28.7 Å². The fourth-order valence-corrected chi connectivity index (χ4v) is 3.45. The molecule has 0 fully saturated rings. The Labute approximate surface area is 151 Å². The number of carbonyl (C=O) groups excluding carboxylic acids is 1. The van der Waals surface area contributed by atoms with Crippen LogP contribution in [0.4, 0.5) is 5.82 Å². The van der Waals surface area contributed by atoms with Gasteiger partial charge in [-0.1, -0.05) is 41.6 Å². The second-order valence-electron chi connectivity index (χ2n) is 6.41. The molecule has 0 spiro atoms. The molecule has 3 aromatic rings. The number of aromatic nitrogens is 1. The van der Waals surface area contributed by atoms with Crippen LogP contribution >= 0.6 is 0 Å². The van der Waals surface area contributed by atoms with Gasteiger partial charge in [0, 0.05) is 12.8 Å². The van der Waals surface area contributed by atoms with Crippen molar-refractivity contribution in [3.63, 3.8) is 0 Å². The van der Waals surface area contributed by atoms with Gasteiger partial charge in [-0.3, -0.25) is 4.79 Å². The van der Waals surface area contributed by atoms with Crippen LogP contribution in [0.15, 0.2) is 59.3 Å². The number of phenolic OH excluding ortho intramolecular Hbond substituents is 1. The first kappa shape index (κ1) is 16.1. The molecule has 1 unspecified atom stereocenters. The minimum atomic E-state index is -0.189. The summed E-state index contributed by atoms with van der Waals surface area (Å²) in [5.41, 5.74) is 5.35. The Kier molecular flexibility index (Phi) is 4.05. The summed E-state index contributed by atoms with van der Waals surface area (Å²) >= 11 is 0. The smallest absolute Gasteiger partial charge is 0.222 e. The number of anilines is 1. The predicted molar refractivity (Wildman–Crippen MR) is 99.7 cm³/mol. The minimum Gasteiger partial charge on any atom is -0.508 e. The molecule has 0 saturated carbocycles. The summed E-state index contributed by atoms with van der Waals surface area (Å²) in [4.78, 5) is 11.5. The lowest BCUT2D eigenvalue weighted by atomic mass is 9.87. The highest BCUT2D eigenvalue weighted by Gasteiger charge is 2.29. The molecule has 26 heavy (non-hydrogen) atoms. The summed E-state index contributed by atoms with van der Waals surface area (Å²) in [5.74, 6) is 0.615. The predicted octanol–water partition coefficient (Wildman–Crippen LogP) is 4.22. The van der Waals surface area contributed by atoms with E-state index in [0.717, 1.165) is 28.7 Å². The average molecular weight is 346 g/mol. The number of fused-ring (bicyclic) bond motifs is 1. The van der Waals surface area contributed by atoms with Gasteiger partial charge in [-0.05, 0) is 46.9 Å². The Bertz CT molecular complexity index is 987. The van der Waals surface area contributed by atoms with E-state index in [0.29, 0.717) is 5.82 Å². The largest absolute Gasteiger partial charge is 0.508 e. The van der Waals surface area contributed by atoms with E-state index in [1.165, 1.54) is 12.5 Å². The molecule has 1 aliphatic carbocycles. The van der Waals surface area contributed by atoms with Gasteiger partial charge < -0.3 is 14.9 Å². The van der Waals surface area contributed by atoms with Crippen molar-refractivity contribution >= 4 is 23.4 Å². The number of hydrogen-bond acceptors (Lipinski definition) is 4. The Morgan fingerprint density at radius 1 is 1.19 bits per heavy atom. The topological polar surface area (TPSA) is 75.4 Å². The summed E-state index contributed by atoms with van der Waals surface area (Å²) < 4.78 is 5.13. The maximum absolute atomic E-state index is 11.5. The normalized spacial score (nSPS) is 15.4. The molecule has 2 aromatic carbocycles. The van der Waals surface area contributed by atoms with Gasteiger partial charge in [0.05, 0.1) is 5.56 Å². The second-order valence-corrected chi connectivity index (χ2v) is 6.41. The van der Waals surface area contributed by atoms with Crippen molar-refractivity contribution in [3.8, 4) is 5.75 Å². The maximum atomic E-state index is 11.5. The Balaban J connectivity index is 1.74. The van der Waals surface area contributed by atoms with E-state index in [-0.39, 0.29) is 17.6 Å². The molecule has 2 N–H and O–H groups in total. The monoisotopic (exact) mass is 346 g/mol. The van der Waals surface area contributed by atoms with Gasteiger partial charge in [-0.25, -0.2) is 0 Å². The molecule has 0 saturated heterocycles. The van der Waals surface area contributed by atoms with Gasteiger partial charge in [0.2, 0.25) is 5.91 Å². The van der Waals surface area contributed by atoms with E-state index in [4.69, 9.17) is 4.52 Å². The minimum absolute atomic E-state index is 0.114. The first-order valence-electron chi connectivity index (χ1n) is 8.42. The number of amides is 1. The van der Waals surface area contributed by atoms with E-state index in [9.17, 15) is 9.90 Å². The van der Waals surface area contributed by atoms with Crippen LogP contribution in [-0.4, -0.2) is 16.2 Å². The molecular weight excluding hydrogens is 328 g/mol. The van der Waals surface area contributed by atoms with Crippen molar-refractivity contribution in [3.05, 3.63) is 77.0 Å². The van der Waals surface area contributed by atoms with Crippen LogP contribution in [0, 0.1) is 0 Å². The van der Waals surface area contributed by atoms with Gasteiger partial charge in [0.25, 0.3) is 0 Å². The highest BCUT2D eigenvalue weighted by molar-refractivity contribution is 5.97. The van der Waals surface area contributed by atoms with Crippen LogP contribution in [0.2, 0.25) is 0 Å². The van der Waals surface area contributed by atoms with Crippen molar-refractivity contribution in [2.45, 2.75) is 19.3 Å². The van der Waals surface area contributed by atoms with Crippen molar-refractivity contribution < 1.29 is 14.4 Å². The molecule has 1 amide bonds. The lowest BCUT2D eigenvalue weighted by Gasteiger charge is -2.17. The standard InChI is InChI=1S/C21H18N2O3/c1-13(24)22-21-20(12-26-23-21)19-11-15-4-2-3-5-17(15)18(19)10-14-6-8-16(25)9-7-14/h2-9,11-12,18,25H,10H2,1H3,(H,22,23,24). The average Bonchev–Trinajstić information content (AvgIpc) is 3.21. The first-order chi connectivity index (χ1) is 12.6. The van der Waals surface area contributed by atoms with Crippen LogP contribution in [-0.2, 0) is 11.2 Å². The zero-order chi connectivity index (χ0) is 18.1. The Hall–Kier alpha value is -3.34. The molecule has 1 heterocycles. The molecule has 0 aliphatic heterocycles. The number of hydrogen-bond donors (Lipinski definition) is 2. The highest BCUT2D eigenvalue weighted by atomic mass is 16.5. The zero-order valence-corrected chi connectivity index (χ0v) is 14.3. The van der Waals surface area contributed by atoms with E-state index in [1.54, 1.807) is 18.4 Å². The van der Waals surface area contributed by atoms with Gasteiger partial charge in [-0.15, -0.1) is 0 Å². The van der Waals surface area contributed by atoms with Crippen LogP contribution in [0.25, 0.3) is 11.6 Å². The van der Waals surface area contributed by atoms with Gasteiger partial charge >= 0.3 is 0 Å². The zero-order valence-electron chi connectivity index (χ0n) is 14.3. The third-order valence-electron chi connectivity index (χ3n) is 4.61. The summed E-state index contributed by atoms with van der Waals surface area (Å²) in [6, 6.07) is 15.5. The van der Waals surface area contributed by atoms with Gasteiger partial charge in [0.1, 0.15) is 12.0 Å². The molecular formula is C21H18N2O3. The summed E-state index contributed by atoms with van der Waals surface area (Å²) in [5, 5.41) is 16.2. The van der Waals surface area contributed by atoms with E-state index in [1.807, 2.05) is 24.3 Å². The SMILES string of the molecule is CC(=O)Nc1nocc1C1=Cc2ccccc2C1Cc1ccc(O)cc1. The van der Waals surface area contributed by atoms with Crippen LogP contribution in [0.5, 0.6) is 5.75 Å². The summed E-state index contributed by atoms with van der Waals surface area (Å²) in [6.45, 7) is 1.45. The third-order valence-corrected chi connectivity index (χ3v) is 4.61. The third kappa shape index (κ3) is 2.99. The lowest BCUT2D eigenvalue weighted by molar-refractivity contribution is -0.114. The molecule has 5 nitrogen and oxygen atoms in total. The van der Waals surface area contributed by atoms with E-state index >= 15 is 0 Å².